The number of fused-ring (bicyclic) bond motifs is 1. The summed E-state index contributed by atoms with van der Waals surface area (Å²) in [5.74, 6) is 0.975. The molecule has 1 atom stereocenters. The van der Waals surface area contributed by atoms with Crippen LogP contribution in [0.15, 0.2) is 60.0 Å². The fraction of sp³-hybridized carbons (Fsp3) is 0.438. The molecule has 1 saturated carbocycles. The normalized spacial score (nSPS) is 21.0. The van der Waals surface area contributed by atoms with Crippen LogP contribution in [0, 0.1) is 10.8 Å². The number of thiophene rings is 1. The Morgan fingerprint density at radius 3 is 2.79 bits per heavy atom. The number of benzene rings is 1. The maximum Gasteiger partial charge on any atom is 0.268 e. The van der Waals surface area contributed by atoms with Gasteiger partial charge in [-0.1, -0.05) is 33.4 Å². The number of aromatic nitrogens is 3. The molecule has 2 fully saturated rings. The Morgan fingerprint density at radius 2 is 2.07 bits per heavy atom. The molecule has 2 amide bonds. The number of amides is 2. The average molecular weight is 587 g/mol. The Bertz CT molecular complexity index is 1620. The minimum absolute atomic E-state index is 0.000998. The number of nitrogens with one attached hydrogen (secondary N) is 2. The Hall–Kier alpha value is -3.76. The largest absolute Gasteiger partial charge is 0.443 e. The number of likely N-dealkylation sites (tertiary alicyclic amines) is 1. The molecular weight excluding hydrogens is 548 g/mol. The van der Waals surface area contributed by atoms with Gasteiger partial charge in [-0.05, 0) is 72.9 Å². The lowest BCUT2D eigenvalue weighted by atomic mass is 9.64. The van der Waals surface area contributed by atoms with Gasteiger partial charge in [0.1, 0.15) is 0 Å². The fourth-order valence-electron chi connectivity index (χ4n) is 6.09. The second-order valence-corrected chi connectivity index (χ2v) is 13.9. The molecule has 3 aromatic heterocycles. The molecule has 4 heterocycles. The molecule has 2 aliphatic rings. The third-order valence-corrected chi connectivity index (χ3v) is 10.1. The number of nitrogens with zero attached hydrogens (tertiary/aromatic N) is 4. The van der Waals surface area contributed by atoms with Crippen LogP contribution in [-0.2, 0) is 11.3 Å². The van der Waals surface area contributed by atoms with Gasteiger partial charge in [0.25, 0.3) is 5.91 Å². The van der Waals surface area contributed by atoms with Crippen molar-refractivity contribution in [2.24, 2.45) is 10.8 Å². The quantitative estimate of drug-likeness (QED) is 0.236. The average Bonchev–Trinajstić information content (AvgIpc) is 3.74. The first-order valence-corrected chi connectivity index (χ1v) is 15.3. The van der Waals surface area contributed by atoms with Crippen molar-refractivity contribution in [1.82, 2.24) is 24.8 Å². The highest BCUT2D eigenvalue weighted by atomic mass is 32.1. The molecule has 1 aliphatic carbocycles. The number of anilines is 1. The zero-order valence-corrected chi connectivity index (χ0v) is 25.5. The van der Waals surface area contributed by atoms with Crippen molar-refractivity contribution in [2.45, 2.75) is 65.6 Å². The SMILES string of the molecule is C=CC(=O)N1CCC2(CC(n3c(NC(=O)c4ccc(-c5cnco5)s4)nc4cc(CN[C@@H](C)C(C)(C)C)ccc43)C2)C1. The second-order valence-electron chi connectivity index (χ2n) is 12.9. The standard InChI is InChI=1S/C32H38N6O3S/c1-6-28(39)37-12-11-32(18-37)14-22(15-32)38-24-8-7-21(16-34-20(2)31(3,4)5)13-23(24)35-30(38)36-29(40)27-10-9-26(42-27)25-17-33-19-41-25/h6-10,13,17,19-20,22,34H,1,11-12,14-16,18H2,2-5H3,(H,35,36,40)/t20-,22?,32?/m0/s1. The Kier molecular flexibility index (Phi) is 7.31. The topological polar surface area (TPSA) is 105 Å². The molecule has 220 valence electrons. The highest BCUT2D eigenvalue weighted by molar-refractivity contribution is 7.17. The lowest BCUT2D eigenvalue weighted by molar-refractivity contribution is -0.125. The van der Waals surface area contributed by atoms with E-state index >= 15 is 0 Å². The Balaban J connectivity index is 1.26. The molecule has 1 aliphatic heterocycles. The van der Waals surface area contributed by atoms with Crippen molar-refractivity contribution in [3.05, 3.63) is 66.0 Å². The molecule has 9 nitrogen and oxygen atoms in total. The molecule has 1 spiro atoms. The summed E-state index contributed by atoms with van der Waals surface area (Å²) in [4.78, 5) is 37.9. The van der Waals surface area contributed by atoms with Gasteiger partial charge in [-0.3, -0.25) is 14.9 Å². The number of carbonyl (C=O) groups is 2. The van der Waals surface area contributed by atoms with Gasteiger partial charge < -0.3 is 19.2 Å². The molecule has 1 saturated heterocycles. The van der Waals surface area contributed by atoms with Gasteiger partial charge in [-0.2, -0.15) is 0 Å². The van der Waals surface area contributed by atoms with Crippen LogP contribution < -0.4 is 10.6 Å². The molecule has 1 aromatic carbocycles. The van der Waals surface area contributed by atoms with Crippen LogP contribution in [0.2, 0.25) is 0 Å². The van der Waals surface area contributed by atoms with Crippen LogP contribution in [0.3, 0.4) is 0 Å². The summed E-state index contributed by atoms with van der Waals surface area (Å²) in [5, 5.41) is 6.75. The van der Waals surface area contributed by atoms with E-state index in [4.69, 9.17) is 9.40 Å². The Labute approximate surface area is 250 Å². The summed E-state index contributed by atoms with van der Waals surface area (Å²) >= 11 is 1.36. The van der Waals surface area contributed by atoms with E-state index in [0.29, 0.717) is 22.6 Å². The molecular formula is C32H38N6O3S. The predicted molar refractivity (Wildman–Crippen MR) is 165 cm³/mol. The van der Waals surface area contributed by atoms with E-state index in [1.165, 1.54) is 23.8 Å². The molecule has 2 N–H and O–H groups in total. The molecule has 0 bridgehead atoms. The van der Waals surface area contributed by atoms with E-state index < -0.39 is 0 Å². The first-order valence-electron chi connectivity index (χ1n) is 14.5. The van der Waals surface area contributed by atoms with Crippen LogP contribution in [0.4, 0.5) is 5.95 Å². The van der Waals surface area contributed by atoms with Gasteiger partial charge in [0.05, 0.1) is 27.0 Å². The van der Waals surface area contributed by atoms with Crippen LogP contribution >= 0.6 is 11.3 Å². The van der Waals surface area contributed by atoms with Gasteiger partial charge in [-0.25, -0.2) is 9.97 Å². The van der Waals surface area contributed by atoms with Crippen molar-refractivity contribution < 1.29 is 14.0 Å². The second kappa shape index (κ2) is 10.8. The summed E-state index contributed by atoms with van der Waals surface area (Å²) < 4.78 is 7.59. The summed E-state index contributed by atoms with van der Waals surface area (Å²) in [5.41, 5.74) is 3.27. The third-order valence-electron chi connectivity index (χ3n) is 9.02. The number of hydrogen-bond donors (Lipinski definition) is 2. The highest BCUT2D eigenvalue weighted by Crippen LogP contribution is 2.55. The maximum absolute atomic E-state index is 13.4. The Morgan fingerprint density at radius 1 is 1.26 bits per heavy atom. The van der Waals surface area contributed by atoms with E-state index in [1.807, 2.05) is 11.0 Å². The van der Waals surface area contributed by atoms with Crippen LogP contribution in [0.1, 0.15) is 68.2 Å². The van der Waals surface area contributed by atoms with Gasteiger partial charge in [0, 0.05) is 31.7 Å². The van der Waals surface area contributed by atoms with Crippen molar-refractivity contribution >= 4 is 40.1 Å². The minimum atomic E-state index is -0.208. The number of imidazole rings is 1. The molecule has 0 radical (unpaired) electrons. The maximum atomic E-state index is 13.4. The molecule has 4 aromatic rings. The van der Waals surface area contributed by atoms with Crippen LogP contribution in [-0.4, -0.2) is 50.4 Å². The van der Waals surface area contributed by atoms with E-state index in [0.717, 1.165) is 60.4 Å². The van der Waals surface area contributed by atoms with E-state index in [2.05, 4.69) is 72.7 Å². The van der Waals surface area contributed by atoms with Crippen LogP contribution in [0.5, 0.6) is 0 Å². The summed E-state index contributed by atoms with van der Waals surface area (Å²) in [6, 6.07) is 10.6. The monoisotopic (exact) mass is 586 g/mol. The number of oxazole rings is 1. The molecule has 6 rings (SSSR count). The van der Waals surface area contributed by atoms with E-state index in [1.54, 1.807) is 12.3 Å². The lowest BCUT2D eigenvalue weighted by Crippen LogP contribution is -2.42. The lowest BCUT2D eigenvalue weighted by Gasteiger charge is -2.46. The number of hydrogen-bond acceptors (Lipinski definition) is 7. The first-order chi connectivity index (χ1) is 20.0. The van der Waals surface area contributed by atoms with Crippen molar-refractivity contribution in [3.63, 3.8) is 0 Å². The third kappa shape index (κ3) is 5.41. The summed E-state index contributed by atoms with van der Waals surface area (Å²) in [7, 11) is 0. The van der Waals surface area contributed by atoms with Gasteiger partial charge in [0.15, 0.2) is 12.2 Å². The van der Waals surface area contributed by atoms with Crippen molar-refractivity contribution in [2.75, 3.05) is 18.4 Å². The summed E-state index contributed by atoms with van der Waals surface area (Å²) in [6.45, 7) is 14.8. The number of rotatable bonds is 8. The predicted octanol–water partition coefficient (Wildman–Crippen LogP) is 6.27. The fourth-order valence-corrected chi connectivity index (χ4v) is 6.94. The molecule has 0 unspecified atom stereocenters. The summed E-state index contributed by atoms with van der Waals surface area (Å²) in [6.07, 6.45) is 7.28. The van der Waals surface area contributed by atoms with Gasteiger partial charge >= 0.3 is 0 Å². The minimum Gasteiger partial charge on any atom is -0.443 e. The van der Waals surface area contributed by atoms with Gasteiger partial charge in [0.2, 0.25) is 11.9 Å². The van der Waals surface area contributed by atoms with E-state index in [-0.39, 0.29) is 28.7 Å². The van der Waals surface area contributed by atoms with Crippen molar-refractivity contribution in [3.8, 4) is 10.6 Å². The number of carbonyl (C=O) groups excluding carboxylic acids is 2. The van der Waals surface area contributed by atoms with Crippen molar-refractivity contribution in [1.29, 1.82) is 0 Å². The zero-order valence-electron chi connectivity index (χ0n) is 24.6. The van der Waals surface area contributed by atoms with Crippen LogP contribution in [0.25, 0.3) is 21.7 Å². The molecule has 10 heteroatoms. The van der Waals surface area contributed by atoms with Gasteiger partial charge in [-0.15, -0.1) is 11.3 Å². The zero-order chi connectivity index (χ0) is 29.6. The highest BCUT2D eigenvalue weighted by Gasteiger charge is 2.50. The smallest absolute Gasteiger partial charge is 0.268 e. The molecule has 42 heavy (non-hydrogen) atoms. The van der Waals surface area contributed by atoms with E-state index in [9.17, 15) is 9.59 Å². The first kappa shape index (κ1) is 28.4.